The van der Waals surface area contributed by atoms with Crippen LogP contribution in [0.2, 0.25) is 0 Å². The minimum atomic E-state index is -0.231. The van der Waals surface area contributed by atoms with Gasteiger partial charge in [-0.15, -0.1) is 0 Å². The van der Waals surface area contributed by atoms with Crippen LogP contribution in [0.25, 0.3) is 0 Å². The van der Waals surface area contributed by atoms with E-state index in [2.05, 4.69) is 15.6 Å². The largest absolute Gasteiger partial charge is 0.379 e. The van der Waals surface area contributed by atoms with Gasteiger partial charge in [-0.25, -0.2) is 4.79 Å². The monoisotopic (exact) mass is 343 g/mol. The van der Waals surface area contributed by atoms with E-state index in [-0.39, 0.29) is 6.03 Å². The number of amides is 2. The van der Waals surface area contributed by atoms with Gasteiger partial charge in [0.15, 0.2) is 0 Å². The molecule has 2 amide bonds. The summed E-state index contributed by atoms with van der Waals surface area (Å²) >= 11 is 0. The van der Waals surface area contributed by atoms with Crippen molar-refractivity contribution in [2.45, 2.75) is 20.0 Å². The van der Waals surface area contributed by atoms with E-state index in [1.807, 2.05) is 49.4 Å². The second-order valence-corrected chi connectivity index (χ2v) is 5.40. The molecule has 1 aromatic heterocycles. The lowest BCUT2D eigenvalue weighted by Crippen LogP contribution is -2.30. The van der Waals surface area contributed by atoms with Gasteiger partial charge in [0.1, 0.15) is 0 Å². The third-order valence-corrected chi connectivity index (χ3v) is 3.42. The third kappa shape index (κ3) is 7.78. The van der Waals surface area contributed by atoms with Crippen molar-refractivity contribution in [1.29, 1.82) is 0 Å². The summed E-state index contributed by atoms with van der Waals surface area (Å²) in [5.74, 6) is 0. The van der Waals surface area contributed by atoms with Gasteiger partial charge >= 0.3 is 6.03 Å². The molecule has 2 rings (SSSR count). The standard InChI is InChI=1S/C19H25N3O3/c1-2-24-12-13-25-15-16-6-5-8-18(14-16)22-19(23)21-11-9-17-7-3-4-10-20-17/h3-8,10,14H,2,9,11-13,15H2,1H3,(H2,21,22,23). The predicted molar refractivity (Wildman–Crippen MR) is 97.6 cm³/mol. The summed E-state index contributed by atoms with van der Waals surface area (Å²) in [6.07, 6.45) is 2.44. The number of rotatable bonds is 10. The number of carbonyl (C=O) groups is 1. The molecule has 0 aliphatic heterocycles. The Morgan fingerprint density at radius 2 is 2.00 bits per heavy atom. The molecule has 1 aromatic carbocycles. The van der Waals surface area contributed by atoms with Gasteiger partial charge in [-0.3, -0.25) is 4.98 Å². The maximum Gasteiger partial charge on any atom is 0.319 e. The molecule has 6 heteroatoms. The lowest BCUT2D eigenvalue weighted by atomic mass is 10.2. The summed E-state index contributed by atoms with van der Waals surface area (Å²) in [4.78, 5) is 16.2. The lowest BCUT2D eigenvalue weighted by molar-refractivity contribution is 0.0453. The average molecular weight is 343 g/mol. The molecule has 0 aliphatic carbocycles. The fourth-order valence-corrected chi connectivity index (χ4v) is 2.22. The molecule has 0 bridgehead atoms. The Balaban J connectivity index is 1.70. The topological polar surface area (TPSA) is 72.5 Å². The van der Waals surface area contributed by atoms with Crippen LogP contribution in [0.5, 0.6) is 0 Å². The van der Waals surface area contributed by atoms with E-state index in [4.69, 9.17) is 9.47 Å². The van der Waals surface area contributed by atoms with Crippen LogP contribution in [0.15, 0.2) is 48.7 Å². The molecule has 0 unspecified atom stereocenters. The third-order valence-electron chi connectivity index (χ3n) is 3.42. The van der Waals surface area contributed by atoms with Gasteiger partial charge in [-0.2, -0.15) is 0 Å². The van der Waals surface area contributed by atoms with Crippen LogP contribution in [0.3, 0.4) is 0 Å². The Morgan fingerprint density at radius 1 is 1.12 bits per heavy atom. The first-order chi connectivity index (χ1) is 12.3. The van der Waals surface area contributed by atoms with Crippen molar-refractivity contribution >= 4 is 11.7 Å². The van der Waals surface area contributed by atoms with E-state index in [1.165, 1.54) is 0 Å². The quantitative estimate of drug-likeness (QED) is 0.651. The van der Waals surface area contributed by atoms with Crippen LogP contribution in [0.1, 0.15) is 18.2 Å². The van der Waals surface area contributed by atoms with Gasteiger partial charge in [0.25, 0.3) is 0 Å². The number of benzene rings is 1. The van der Waals surface area contributed by atoms with Crippen molar-refractivity contribution in [3.8, 4) is 0 Å². The highest BCUT2D eigenvalue weighted by atomic mass is 16.5. The molecular weight excluding hydrogens is 318 g/mol. The number of aromatic nitrogens is 1. The van der Waals surface area contributed by atoms with E-state index in [9.17, 15) is 4.79 Å². The normalized spacial score (nSPS) is 10.4. The summed E-state index contributed by atoms with van der Waals surface area (Å²) in [6.45, 7) is 4.81. The fourth-order valence-electron chi connectivity index (χ4n) is 2.22. The first-order valence-corrected chi connectivity index (χ1v) is 8.47. The number of carbonyl (C=O) groups excluding carboxylic acids is 1. The average Bonchev–Trinajstić information content (AvgIpc) is 2.63. The highest BCUT2D eigenvalue weighted by molar-refractivity contribution is 5.89. The second-order valence-electron chi connectivity index (χ2n) is 5.40. The number of hydrogen-bond donors (Lipinski definition) is 2. The molecule has 0 spiro atoms. The zero-order valence-electron chi connectivity index (χ0n) is 14.5. The van der Waals surface area contributed by atoms with Crippen LogP contribution < -0.4 is 10.6 Å². The Bertz CT molecular complexity index is 635. The van der Waals surface area contributed by atoms with Gasteiger partial charge in [-0.1, -0.05) is 18.2 Å². The molecule has 1 heterocycles. The van der Waals surface area contributed by atoms with E-state index in [0.29, 0.717) is 39.4 Å². The van der Waals surface area contributed by atoms with Gasteiger partial charge in [0, 0.05) is 37.2 Å². The van der Waals surface area contributed by atoms with Crippen molar-refractivity contribution in [1.82, 2.24) is 10.3 Å². The minimum Gasteiger partial charge on any atom is -0.379 e. The van der Waals surface area contributed by atoms with E-state index < -0.39 is 0 Å². The van der Waals surface area contributed by atoms with Crippen molar-refractivity contribution in [2.24, 2.45) is 0 Å². The summed E-state index contributed by atoms with van der Waals surface area (Å²) in [5.41, 5.74) is 2.69. The molecule has 6 nitrogen and oxygen atoms in total. The van der Waals surface area contributed by atoms with Crippen molar-refractivity contribution in [3.63, 3.8) is 0 Å². The van der Waals surface area contributed by atoms with Gasteiger partial charge in [0.2, 0.25) is 0 Å². The maximum atomic E-state index is 12.0. The molecule has 0 radical (unpaired) electrons. The first-order valence-electron chi connectivity index (χ1n) is 8.47. The Labute approximate surface area is 148 Å². The number of urea groups is 1. The summed E-state index contributed by atoms with van der Waals surface area (Å²) < 4.78 is 10.8. The highest BCUT2D eigenvalue weighted by Crippen LogP contribution is 2.11. The van der Waals surface area contributed by atoms with Gasteiger partial charge in [-0.05, 0) is 36.8 Å². The lowest BCUT2D eigenvalue weighted by Gasteiger charge is -2.09. The number of ether oxygens (including phenoxy) is 2. The van der Waals surface area contributed by atoms with Crippen molar-refractivity contribution in [3.05, 3.63) is 59.9 Å². The van der Waals surface area contributed by atoms with Crippen LogP contribution >= 0.6 is 0 Å². The molecular formula is C19H25N3O3. The van der Waals surface area contributed by atoms with E-state index in [1.54, 1.807) is 6.20 Å². The molecule has 25 heavy (non-hydrogen) atoms. The van der Waals surface area contributed by atoms with Crippen LogP contribution in [0.4, 0.5) is 10.5 Å². The Kier molecular flexibility index (Phi) is 8.44. The molecule has 2 aromatic rings. The molecule has 0 aliphatic rings. The van der Waals surface area contributed by atoms with Gasteiger partial charge in [0.05, 0.1) is 19.8 Å². The summed E-state index contributed by atoms with van der Waals surface area (Å²) in [7, 11) is 0. The smallest absolute Gasteiger partial charge is 0.319 e. The fraction of sp³-hybridized carbons (Fsp3) is 0.368. The number of hydrogen-bond acceptors (Lipinski definition) is 4. The first kappa shape index (κ1) is 18.9. The molecule has 2 N–H and O–H groups in total. The Hall–Kier alpha value is -2.44. The van der Waals surface area contributed by atoms with Crippen molar-refractivity contribution in [2.75, 3.05) is 31.7 Å². The van der Waals surface area contributed by atoms with E-state index in [0.717, 1.165) is 16.9 Å². The molecule has 0 atom stereocenters. The summed E-state index contributed by atoms with van der Waals surface area (Å²) in [5, 5.41) is 5.66. The zero-order valence-corrected chi connectivity index (χ0v) is 14.5. The molecule has 0 fully saturated rings. The summed E-state index contributed by atoms with van der Waals surface area (Å²) in [6, 6.07) is 13.1. The minimum absolute atomic E-state index is 0.231. The van der Waals surface area contributed by atoms with Crippen LogP contribution in [0, 0.1) is 0 Å². The number of anilines is 1. The number of nitrogens with one attached hydrogen (secondary N) is 2. The highest BCUT2D eigenvalue weighted by Gasteiger charge is 2.03. The maximum absolute atomic E-state index is 12.0. The SMILES string of the molecule is CCOCCOCc1cccc(NC(=O)NCCc2ccccn2)c1. The van der Waals surface area contributed by atoms with Crippen molar-refractivity contribution < 1.29 is 14.3 Å². The molecule has 0 saturated heterocycles. The second kappa shape index (κ2) is 11.2. The number of pyridine rings is 1. The number of nitrogens with zero attached hydrogens (tertiary/aromatic N) is 1. The van der Waals surface area contributed by atoms with Gasteiger partial charge < -0.3 is 20.1 Å². The Morgan fingerprint density at radius 3 is 2.80 bits per heavy atom. The zero-order chi connectivity index (χ0) is 17.7. The van der Waals surface area contributed by atoms with Crippen LogP contribution in [-0.2, 0) is 22.5 Å². The van der Waals surface area contributed by atoms with Crippen LogP contribution in [-0.4, -0.2) is 37.4 Å². The van der Waals surface area contributed by atoms with E-state index >= 15 is 0 Å². The molecule has 0 saturated carbocycles. The predicted octanol–water partition coefficient (Wildman–Crippen LogP) is 3.00. The molecule has 134 valence electrons.